The van der Waals surface area contributed by atoms with Crippen LogP contribution in [-0.4, -0.2) is 53.1 Å². The highest BCUT2D eigenvalue weighted by molar-refractivity contribution is 8.00. The second kappa shape index (κ2) is 10.0. The number of carbonyl (C=O) groups is 1. The predicted octanol–water partition coefficient (Wildman–Crippen LogP) is 4.42. The minimum atomic E-state index is -0.282. The Morgan fingerprint density at radius 1 is 1.21 bits per heavy atom. The first-order valence-corrected chi connectivity index (χ1v) is 11.0. The van der Waals surface area contributed by atoms with Gasteiger partial charge in [0.1, 0.15) is 0 Å². The number of amides is 1. The number of nitrogens with zero attached hydrogens (tertiary/aromatic N) is 3. The highest BCUT2D eigenvalue weighted by atomic mass is 32.2. The summed E-state index contributed by atoms with van der Waals surface area (Å²) in [6, 6.07) is 5.77. The van der Waals surface area contributed by atoms with Gasteiger partial charge in [-0.05, 0) is 44.9 Å². The van der Waals surface area contributed by atoms with Gasteiger partial charge in [-0.15, -0.1) is 10.2 Å². The van der Waals surface area contributed by atoms with E-state index in [1.807, 2.05) is 24.8 Å². The van der Waals surface area contributed by atoms with Crippen LogP contribution in [0.5, 0.6) is 11.5 Å². The molecule has 1 atom stereocenters. The molecule has 29 heavy (non-hydrogen) atoms. The van der Waals surface area contributed by atoms with E-state index < -0.39 is 0 Å². The number of rotatable bonds is 8. The molecule has 1 amide bonds. The van der Waals surface area contributed by atoms with Crippen molar-refractivity contribution in [1.29, 1.82) is 0 Å². The zero-order chi connectivity index (χ0) is 20.8. The number of benzene rings is 1. The number of aromatic nitrogens is 2. The molecule has 1 heterocycles. The minimum Gasteiger partial charge on any atom is -0.493 e. The van der Waals surface area contributed by atoms with Crippen molar-refractivity contribution >= 4 is 17.7 Å². The van der Waals surface area contributed by atoms with Gasteiger partial charge in [0.25, 0.3) is 5.22 Å². The first-order valence-electron chi connectivity index (χ1n) is 10.1. The highest BCUT2D eigenvalue weighted by Gasteiger charge is 2.29. The Hall–Kier alpha value is -2.22. The fourth-order valence-electron chi connectivity index (χ4n) is 3.77. The molecule has 1 fully saturated rings. The maximum atomic E-state index is 13.0. The molecule has 1 saturated carbocycles. The Kier molecular flexibility index (Phi) is 7.41. The number of thioether (sulfide) groups is 1. The van der Waals surface area contributed by atoms with Crippen molar-refractivity contribution in [1.82, 2.24) is 15.1 Å². The summed E-state index contributed by atoms with van der Waals surface area (Å²) in [5, 5.41) is 8.34. The van der Waals surface area contributed by atoms with Crippen LogP contribution in [0.1, 0.15) is 46.0 Å². The smallest absolute Gasteiger partial charge is 0.277 e. The zero-order valence-corrected chi connectivity index (χ0v) is 18.3. The van der Waals surface area contributed by atoms with E-state index >= 15 is 0 Å². The molecule has 0 saturated heterocycles. The molecule has 0 aliphatic heterocycles. The molecule has 8 heteroatoms. The van der Waals surface area contributed by atoms with Gasteiger partial charge in [0.2, 0.25) is 11.8 Å². The third-order valence-corrected chi connectivity index (χ3v) is 6.22. The molecule has 1 aliphatic rings. The minimum absolute atomic E-state index is 0.135. The summed E-state index contributed by atoms with van der Waals surface area (Å²) in [5.74, 6) is 1.74. The lowest BCUT2D eigenvalue weighted by molar-refractivity contribution is -0.133. The molecule has 1 aliphatic carbocycles. The van der Waals surface area contributed by atoms with E-state index in [-0.39, 0.29) is 11.2 Å². The number of hydrogen-bond donors (Lipinski definition) is 0. The van der Waals surface area contributed by atoms with E-state index in [2.05, 4.69) is 10.2 Å². The summed E-state index contributed by atoms with van der Waals surface area (Å²) < 4.78 is 16.4. The van der Waals surface area contributed by atoms with Crippen molar-refractivity contribution in [3.63, 3.8) is 0 Å². The largest absolute Gasteiger partial charge is 0.493 e. The number of methoxy groups -OCH3 is 2. The molecule has 1 aromatic carbocycles. The van der Waals surface area contributed by atoms with Gasteiger partial charge in [0, 0.05) is 18.2 Å². The molecular weight excluding hydrogens is 390 g/mol. The van der Waals surface area contributed by atoms with E-state index in [9.17, 15) is 4.79 Å². The number of hydrogen-bond acceptors (Lipinski definition) is 7. The third kappa shape index (κ3) is 5.04. The van der Waals surface area contributed by atoms with Gasteiger partial charge in [-0.1, -0.05) is 31.0 Å². The Morgan fingerprint density at radius 2 is 1.93 bits per heavy atom. The highest BCUT2D eigenvalue weighted by Crippen LogP contribution is 2.33. The Balaban J connectivity index is 1.68. The average molecular weight is 420 g/mol. The fraction of sp³-hybridized carbons (Fsp3) is 0.571. The van der Waals surface area contributed by atoms with Gasteiger partial charge in [-0.3, -0.25) is 4.79 Å². The van der Waals surface area contributed by atoms with Crippen LogP contribution >= 0.6 is 11.8 Å². The summed E-state index contributed by atoms with van der Waals surface area (Å²) >= 11 is 1.31. The molecule has 2 aromatic rings. The Bertz CT molecular complexity index is 820. The lowest BCUT2D eigenvalue weighted by atomic mass is 9.94. The lowest BCUT2D eigenvalue weighted by Gasteiger charge is -2.34. The van der Waals surface area contributed by atoms with Gasteiger partial charge >= 0.3 is 0 Å². The fourth-order valence-corrected chi connectivity index (χ4v) is 4.52. The molecule has 0 N–H and O–H groups in total. The van der Waals surface area contributed by atoms with Crippen LogP contribution in [0, 0.1) is 0 Å². The summed E-state index contributed by atoms with van der Waals surface area (Å²) in [5.41, 5.74) is 0.735. The van der Waals surface area contributed by atoms with Gasteiger partial charge in [-0.2, -0.15) is 0 Å². The normalized spacial score (nSPS) is 15.7. The van der Waals surface area contributed by atoms with Crippen molar-refractivity contribution < 1.29 is 18.7 Å². The van der Waals surface area contributed by atoms with E-state index in [4.69, 9.17) is 13.9 Å². The molecule has 158 valence electrons. The van der Waals surface area contributed by atoms with Crippen molar-refractivity contribution in [3.05, 3.63) is 18.2 Å². The number of carbonyl (C=O) groups excluding carboxylic acids is 1. The maximum Gasteiger partial charge on any atom is 0.277 e. The zero-order valence-electron chi connectivity index (χ0n) is 17.5. The third-order valence-electron chi connectivity index (χ3n) is 5.30. The van der Waals surface area contributed by atoms with Gasteiger partial charge in [0.05, 0.1) is 19.5 Å². The maximum absolute atomic E-state index is 13.0. The Morgan fingerprint density at radius 3 is 2.59 bits per heavy atom. The van der Waals surface area contributed by atoms with Crippen LogP contribution < -0.4 is 9.47 Å². The molecule has 3 rings (SSSR count). The molecule has 7 nitrogen and oxygen atoms in total. The van der Waals surface area contributed by atoms with Gasteiger partial charge in [0.15, 0.2) is 11.5 Å². The van der Waals surface area contributed by atoms with Crippen LogP contribution in [0.3, 0.4) is 0 Å². The van der Waals surface area contributed by atoms with E-state index in [1.165, 1.54) is 31.0 Å². The van der Waals surface area contributed by atoms with Crippen LogP contribution in [-0.2, 0) is 4.79 Å². The average Bonchev–Trinajstić information content (AvgIpc) is 3.22. The van der Waals surface area contributed by atoms with E-state index in [1.54, 1.807) is 26.4 Å². The SMILES string of the molecule is CCN(C(=O)[C@@H](C)Sc1nnc(-c2ccc(OC)c(OC)c2)o1)C1CCCCC1. The number of ether oxygens (including phenoxy) is 2. The van der Waals surface area contributed by atoms with E-state index in [0.29, 0.717) is 28.7 Å². The van der Waals surface area contributed by atoms with Crippen molar-refractivity contribution in [2.45, 2.75) is 62.5 Å². The topological polar surface area (TPSA) is 77.7 Å². The van der Waals surface area contributed by atoms with Crippen LogP contribution in [0.25, 0.3) is 11.5 Å². The summed E-state index contributed by atoms with van der Waals surface area (Å²) in [4.78, 5) is 15.0. The monoisotopic (exact) mass is 419 g/mol. The van der Waals surface area contributed by atoms with E-state index in [0.717, 1.165) is 24.9 Å². The van der Waals surface area contributed by atoms with Crippen LogP contribution in [0.2, 0.25) is 0 Å². The second-order valence-electron chi connectivity index (χ2n) is 7.12. The van der Waals surface area contributed by atoms with Crippen molar-refractivity contribution in [3.8, 4) is 23.0 Å². The van der Waals surface area contributed by atoms with Crippen LogP contribution in [0.4, 0.5) is 0 Å². The quantitative estimate of drug-likeness (QED) is 0.586. The second-order valence-corrected chi connectivity index (χ2v) is 8.41. The van der Waals surface area contributed by atoms with Gasteiger partial charge in [-0.25, -0.2) is 0 Å². The molecular formula is C21H29N3O4S. The molecule has 0 spiro atoms. The summed E-state index contributed by atoms with van der Waals surface area (Å²) in [7, 11) is 3.17. The first kappa shape index (κ1) is 21.5. The predicted molar refractivity (Wildman–Crippen MR) is 112 cm³/mol. The molecule has 0 unspecified atom stereocenters. The summed E-state index contributed by atoms with van der Waals surface area (Å²) in [6.45, 7) is 4.68. The molecule has 0 radical (unpaired) electrons. The molecule has 0 bridgehead atoms. The first-order chi connectivity index (χ1) is 14.1. The standard InChI is InChI=1S/C21H29N3O4S/c1-5-24(16-9-7-6-8-10-16)20(25)14(2)29-21-23-22-19(28-21)15-11-12-17(26-3)18(13-15)27-4/h11-14,16H,5-10H2,1-4H3/t14-/m1/s1. The molecule has 1 aromatic heterocycles. The Labute approximate surface area is 176 Å². The van der Waals surface area contributed by atoms with Crippen molar-refractivity contribution in [2.24, 2.45) is 0 Å². The van der Waals surface area contributed by atoms with Crippen LogP contribution in [0.15, 0.2) is 27.8 Å². The van der Waals surface area contributed by atoms with Gasteiger partial charge < -0.3 is 18.8 Å². The van der Waals surface area contributed by atoms with Crippen molar-refractivity contribution in [2.75, 3.05) is 20.8 Å². The summed E-state index contributed by atoms with van der Waals surface area (Å²) in [6.07, 6.45) is 5.87. The lowest BCUT2D eigenvalue weighted by Crippen LogP contribution is -2.44.